The van der Waals surface area contributed by atoms with Crippen molar-refractivity contribution in [1.29, 1.82) is 0 Å². The maximum absolute atomic E-state index is 5.31. The Kier molecular flexibility index (Phi) is 8.46. The number of pyridine rings is 2. The van der Waals surface area contributed by atoms with Gasteiger partial charge < -0.3 is 4.57 Å². The molecule has 0 aliphatic carbocycles. The van der Waals surface area contributed by atoms with E-state index in [-0.39, 0.29) is 0 Å². The van der Waals surface area contributed by atoms with E-state index in [4.69, 9.17) is 9.97 Å². The second kappa shape index (κ2) is 14.7. The number of benzene rings is 8. The Balaban J connectivity index is 1.02. The van der Waals surface area contributed by atoms with Crippen LogP contribution in [0.15, 0.2) is 231 Å². The highest BCUT2D eigenvalue weighted by Crippen LogP contribution is 2.40. The van der Waals surface area contributed by atoms with Crippen molar-refractivity contribution in [2.75, 3.05) is 0 Å². The zero-order valence-corrected chi connectivity index (χ0v) is 33.7. The topological polar surface area (TPSA) is 35.6 Å². The highest BCUT2D eigenvalue weighted by molar-refractivity contribution is 6.12. The van der Waals surface area contributed by atoms with Crippen molar-refractivity contribution in [3.05, 3.63) is 231 Å². The van der Waals surface area contributed by atoms with Crippen LogP contribution in [-0.2, 0) is 0 Å². The molecule has 0 N–H and O–H groups in total. The molecule has 0 unspecified atom stereocenters. The van der Waals surface area contributed by atoms with E-state index in [1.54, 1.807) is 0 Å². The Morgan fingerprint density at radius 1 is 0.290 bits per heavy atom. The molecule has 4 nitrogen and oxygen atoms in total. The van der Waals surface area contributed by atoms with E-state index in [1.165, 1.54) is 44.1 Å². The first-order valence-corrected chi connectivity index (χ1v) is 21.1. The van der Waals surface area contributed by atoms with Gasteiger partial charge in [0.25, 0.3) is 0 Å². The summed E-state index contributed by atoms with van der Waals surface area (Å²) in [6.45, 7) is 0. The minimum absolute atomic E-state index is 0.831. The molecule has 4 heterocycles. The molecule has 0 saturated carbocycles. The molecule has 4 heteroatoms. The Labute approximate surface area is 359 Å². The van der Waals surface area contributed by atoms with E-state index in [0.717, 1.165) is 67.0 Å². The quantitative estimate of drug-likeness (QED) is 0.161. The Morgan fingerprint density at radius 3 is 1.39 bits per heavy atom. The molecule has 0 atom stereocenters. The molecule has 8 aromatic carbocycles. The van der Waals surface area contributed by atoms with Crippen molar-refractivity contribution in [1.82, 2.24) is 19.1 Å². The van der Waals surface area contributed by atoms with Gasteiger partial charge in [-0.3, -0.25) is 4.57 Å². The lowest BCUT2D eigenvalue weighted by Gasteiger charge is -2.14. The second-order valence-corrected chi connectivity index (χ2v) is 15.9. The molecule has 290 valence electrons. The van der Waals surface area contributed by atoms with E-state index < -0.39 is 0 Å². The van der Waals surface area contributed by atoms with Gasteiger partial charge in [-0.15, -0.1) is 0 Å². The average Bonchev–Trinajstić information content (AvgIpc) is 3.87. The summed E-state index contributed by atoms with van der Waals surface area (Å²) in [7, 11) is 0. The number of aromatic nitrogens is 4. The average molecular weight is 791 g/mol. The maximum atomic E-state index is 5.31. The lowest BCUT2D eigenvalue weighted by Crippen LogP contribution is -2.01. The molecule has 0 saturated heterocycles. The number of rotatable bonds is 7. The largest absolute Gasteiger partial charge is 0.309 e. The van der Waals surface area contributed by atoms with Crippen LogP contribution in [0.25, 0.3) is 111 Å². The number of para-hydroxylation sites is 1. The summed E-state index contributed by atoms with van der Waals surface area (Å²) < 4.78 is 4.65. The maximum Gasteiger partial charge on any atom is 0.146 e. The first-order valence-electron chi connectivity index (χ1n) is 21.1. The SMILES string of the molecule is c1ccc(-c2cc(-c3ccccc3)cc(-n3c4ccccc4c4cc(-c5ccc6c(c5)c5cccnc5n6-c5cc(-c6ccccc6)cc(-c6ccccc6)n5)ccc43)c2)cc1. The van der Waals surface area contributed by atoms with E-state index in [0.29, 0.717) is 0 Å². The summed E-state index contributed by atoms with van der Waals surface area (Å²) in [5, 5.41) is 4.65. The van der Waals surface area contributed by atoms with Crippen molar-refractivity contribution >= 4 is 43.7 Å². The van der Waals surface area contributed by atoms with E-state index in [2.05, 4.69) is 221 Å². The van der Waals surface area contributed by atoms with Gasteiger partial charge in [0.1, 0.15) is 11.5 Å². The standard InChI is InChI=1S/C58H38N4/c1-5-16-39(17-6-1)45-32-46(40-18-7-2-8-19-40)34-48(33-45)61-54-26-14-13-24-49(54)51-35-43(27-29-55(51)61)44-28-30-56-52(36-44)50-25-15-31-59-58(50)62(56)57-38-47(41-20-9-3-10-21-41)37-53(60-57)42-22-11-4-12-23-42/h1-38H. The molecular formula is C58H38N4. The molecular weight excluding hydrogens is 753 g/mol. The molecule has 62 heavy (non-hydrogen) atoms. The lowest BCUT2D eigenvalue weighted by molar-refractivity contribution is 1.06. The minimum atomic E-state index is 0.831. The Morgan fingerprint density at radius 2 is 0.774 bits per heavy atom. The van der Waals surface area contributed by atoms with Crippen LogP contribution >= 0.6 is 0 Å². The molecule has 12 rings (SSSR count). The highest BCUT2D eigenvalue weighted by Gasteiger charge is 2.19. The first kappa shape index (κ1) is 35.6. The zero-order chi connectivity index (χ0) is 41.0. The Bertz CT molecular complexity index is 3250. The van der Waals surface area contributed by atoms with Gasteiger partial charge in [0, 0.05) is 39.0 Å². The van der Waals surface area contributed by atoms with Gasteiger partial charge in [0.05, 0.1) is 22.2 Å². The second-order valence-electron chi connectivity index (χ2n) is 15.9. The van der Waals surface area contributed by atoms with Crippen LogP contribution < -0.4 is 0 Å². The van der Waals surface area contributed by atoms with Crippen molar-refractivity contribution in [2.45, 2.75) is 0 Å². The fourth-order valence-corrected chi connectivity index (χ4v) is 9.21. The monoisotopic (exact) mass is 790 g/mol. The fourth-order valence-electron chi connectivity index (χ4n) is 9.21. The summed E-state index contributed by atoms with van der Waals surface area (Å²) in [6.07, 6.45) is 1.87. The normalized spacial score (nSPS) is 11.5. The predicted octanol–water partition coefficient (Wildman–Crippen LogP) is 15.0. The third-order valence-electron chi connectivity index (χ3n) is 12.1. The summed E-state index contributed by atoms with van der Waals surface area (Å²) in [5.74, 6) is 0.831. The summed E-state index contributed by atoms with van der Waals surface area (Å²) in [6, 6.07) is 80.3. The van der Waals surface area contributed by atoms with Crippen molar-refractivity contribution in [2.24, 2.45) is 0 Å². The van der Waals surface area contributed by atoms with E-state index in [9.17, 15) is 0 Å². The number of hydrogen-bond donors (Lipinski definition) is 0. The molecule has 0 aliphatic heterocycles. The molecule has 0 spiro atoms. The summed E-state index contributed by atoms with van der Waals surface area (Å²) >= 11 is 0. The molecule has 0 fully saturated rings. The first-order chi connectivity index (χ1) is 30.7. The van der Waals surface area contributed by atoms with Crippen LogP contribution in [0, 0.1) is 0 Å². The van der Waals surface area contributed by atoms with Crippen LogP contribution in [0.1, 0.15) is 0 Å². The van der Waals surface area contributed by atoms with Crippen molar-refractivity contribution < 1.29 is 0 Å². The zero-order valence-electron chi connectivity index (χ0n) is 33.7. The van der Waals surface area contributed by atoms with E-state index in [1.807, 2.05) is 18.3 Å². The van der Waals surface area contributed by atoms with Gasteiger partial charge in [-0.1, -0.05) is 152 Å². The molecule has 0 bridgehead atoms. The van der Waals surface area contributed by atoms with E-state index >= 15 is 0 Å². The number of fused-ring (bicyclic) bond motifs is 6. The van der Waals surface area contributed by atoms with Crippen LogP contribution in [-0.4, -0.2) is 19.1 Å². The van der Waals surface area contributed by atoms with Crippen molar-refractivity contribution in [3.8, 4) is 67.3 Å². The number of nitrogens with zero attached hydrogens (tertiary/aromatic N) is 4. The van der Waals surface area contributed by atoms with Gasteiger partial charge in [-0.05, 0) is 117 Å². The summed E-state index contributed by atoms with van der Waals surface area (Å²) in [4.78, 5) is 10.3. The number of hydrogen-bond acceptors (Lipinski definition) is 2. The predicted molar refractivity (Wildman–Crippen MR) is 258 cm³/mol. The third kappa shape index (κ3) is 6.08. The molecule has 0 aliphatic rings. The van der Waals surface area contributed by atoms with Gasteiger partial charge in [0.15, 0.2) is 0 Å². The molecule has 4 aromatic heterocycles. The van der Waals surface area contributed by atoms with Gasteiger partial charge in [-0.2, -0.15) is 0 Å². The smallest absolute Gasteiger partial charge is 0.146 e. The van der Waals surface area contributed by atoms with Gasteiger partial charge >= 0.3 is 0 Å². The molecule has 0 radical (unpaired) electrons. The Hall–Kier alpha value is -8.34. The molecule has 12 aromatic rings. The lowest BCUT2D eigenvalue weighted by atomic mass is 9.98. The van der Waals surface area contributed by atoms with Crippen LogP contribution in [0.3, 0.4) is 0 Å². The fraction of sp³-hybridized carbons (Fsp3) is 0. The third-order valence-corrected chi connectivity index (χ3v) is 12.1. The molecule has 0 amide bonds. The van der Waals surface area contributed by atoms with Gasteiger partial charge in [-0.25, -0.2) is 9.97 Å². The van der Waals surface area contributed by atoms with Crippen molar-refractivity contribution in [3.63, 3.8) is 0 Å². The summed E-state index contributed by atoms with van der Waals surface area (Å²) in [5.41, 5.74) is 16.7. The highest BCUT2D eigenvalue weighted by atomic mass is 15.1. The van der Waals surface area contributed by atoms with Crippen LogP contribution in [0.4, 0.5) is 0 Å². The van der Waals surface area contributed by atoms with Crippen LogP contribution in [0.5, 0.6) is 0 Å². The van der Waals surface area contributed by atoms with Gasteiger partial charge in [0.2, 0.25) is 0 Å². The van der Waals surface area contributed by atoms with Crippen LogP contribution in [0.2, 0.25) is 0 Å². The minimum Gasteiger partial charge on any atom is -0.309 e.